The second-order valence-electron chi connectivity index (χ2n) is 4.33. The van der Waals surface area contributed by atoms with Crippen LogP contribution in [0.15, 0.2) is 30.3 Å². The highest BCUT2D eigenvalue weighted by molar-refractivity contribution is 6.32. The van der Waals surface area contributed by atoms with Crippen LogP contribution >= 0.6 is 11.6 Å². The summed E-state index contributed by atoms with van der Waals surface area (Å²) in [5, 5.41) is 3.76. The second-order valence-corrected chi connectivity index (χ2v) is 4.73. The summed E-state index contributed by atoms with van der Waals surface area (Å²) in [6.07, 6.45) is 0. The first kappa shape index (κ1) is 16.1. The first-order chi connectivity index (χ1) is 10.7. The van der Waals surface area contributed by atoms with Crippen molar-refractivity contribution in [3.05, 3.63) is 35.4 Å². The molecule has 0 radical (unpaired) electrons. The van der Waals surface area contributed by atoms with Crippen molar-refractivity contribution in [2.75, 3.05) is 33.8 Å². The lowest BCUT2D eigenvalue weighted by Gasteiger charge is -2.18. The lowest BCUT2D eigenvalue weighted by Crippen LogP contribution is -2.00. The Morgan fingerprint density at radius 2 is 1.36 bits per heavy atom. The molecule has 0 spiro atoms. The van der Waals surface area contributed by atoms with Crippen molar-refractivity contribution in [1.82, 2.24) is 0 Å². The van der Waals surface area contributed by atoms with E-state index in [1.807, 2.05) is 18.2 Å². The molecule has 0 saturated carbocycles. The topological polar surface area (TPSA) is 49.0 Å². The van der Waals surface area contributed by atoms with Crippen LogP contribution in [-0.4, -0.2) is 28.4 Å². The molecule has 0 bridgehead atoms. The van der Waals surface area contributed by atoms with E-state index in [0.29, 0.717) is 33.7 Å². The second kappa shape index (κ2) is 7.13. The summed E-state index contributed by atoms with van der Waals surface area (Å²) in [6, 6.07) is 9.08. The van der Waals surface area contributed by atoms with E-state index in [4.69, 9.17) is 30.5 Å². The maximum atomic E-state index is 6.13. The molecular formula is C16H18ClNO4. The van der Waals surface area contributed by atoms with E-state index < -0.39 is 0 Å². The van der Waals surface area contributed by atoms with Gasteiger partial charge in [0.1, 0.15) is 0 Å². The van der Waals surface area contributed by atoms with Crippen LogP contribution in [0.4, 0.5) is 11.4 Å². The zero-order valence-electron chi connectivity index (χ0n) is 12.9. The van der Waals surface area contributed by atoms with Gasteiger partial charge in [-0.25, -0.2) is 0 Å². The van der Waals surface area contributed by atoms with Gasteiger partial charge in [-0.2, -0.15) is 0 Å². The Bertz CT molecular complexity index is 661. The maximum absolute atomic E-state index is 6.13. The number of ether oxygens (including phenoxy) is 4. The molecule has 2 aromatic rings. The quantitative estimate of drug-likeness (QED) is 0.866. The number of benzene rings is 2. The van der Waals surface area contributed by atoms with Crippen LogP contribution in [0.1, 0.15) is 0 Å². The molecule has 118 valence electrons. The predicted octanol–water partition coefficient (Wildman–Crippen LogP) is 4.12. The summed E-state index contributed by atoms with van der Waals surface area (Å²) >= 11 is 6.13. The number of rotatable bonds is 6. The molecule has 0 amide bonds. The Morgan fingerprint density at radius 1 is 0.727 bits per heavy atom. The first-order valence-electron chi connectivity index (χ1n) is 6.54. The van der Waals surface area contributed by atoms with Gasteiger partial charge in [0, 0.05) is 0 Å². The molecule has 2 rings (SSSR count). The summed E-state index contributed by atoms with van der Waals surface area (Å²) in [4.78, 5) is 0. The number of nitrogens with one attached hydrogen (secondary N) is 1. The molecule has 0 heterocycles. The fourth-order valence-electron chi connectivity index (χ4n) is 2.16. The number of halogens is 1. The molecule has 0 unspecified atom stereocenters. The molecule has 22 heavy (non-hydrogen) atoms. The summed E-state index contributed by atoms with van der Waals surface area (Å²) in [7, 11) is 6.27. The third-order valence-corrected chi connectivity index (χ3v) is 3.44. The summed E-state index contributed by atoms with van der Waals surface area (Å²) in [5.41, 5.74) is 1.43. The molecule has 0 aromatic heterocycles. The third-order valence-electron chi connectivity index (χ3n) is 3.14. The maximum Gasteiger partial charge on any atom is 0.205 e. The minimum atomic E-state index is 0.510. The summed E-state index contributed by atoms with van der Waals surface area (Å²) < 4.78 is 21.4. The van der Waals surface area contributed by atoms with Gasteiger partial charge in [0.15, 0.2) is 17.2 Å². The fraction of sp³-hybridized carbons (Fsp3) is 0.250. The fourth-order valence-corrected chi connectivity index (χ4v) is 2.41. The Balaban J connectivity index is 2.48. The number of methoxy groups -OCH3 is 4. The molecule has 0 fully saturated rings. The SMILES string of the molecule is COc1ccc(Nc2cccc(Cl)c2OC)c(OC)c1OC. The standard InChI is InChI=1S/C16H18ClNO4/c1-19-13-9-8-12(15(21-3)16(13)22-4)18-11-7-5-6-10(17)14(11)20-2/h5-9,18H,1-4H3. The van der Waals surface area contributed by atoms with Crippen LogP contribution < -0.4 is 24.3 Å². The Hall–Kier alpha value is -2.27. The normalized spacial score (nSPS) is 10.0. The molecule has 1 N–H and O–H groups in total. The van der Waals surface area contributed by atoms with Gasteiger partial charge in [-0.05, 0) is 24.3 Å². The lowest BCUT2D eigenvalue weighted by molar-refractivity contribution is 0.325. The highest BCUT2D eigenvalue weighted by Gasteiger charge is 2.17. The Kier molecular flexibility index (Phi) is 5.22. The first-order valence-corrected chi connectivity index (χ1v) is 6.92. The highest BCUT2D eigenvalue weighted by atomic mass is 35.5. The highest BCUT2D eigenvalue weighted by Crippen LogP contribution is 2.45. The zero-order valence-corrected chi connectivity index (χ0v) is 13.7. The lowest BCUT2D eigenvalue weighted by atomic mass is 10.2. The van der Waals surface area contributed by atoms with E-state index >= 15 is 0 Å². The number of hydrogen-bond acceptors (Lipinski definition) is 5. The van der Waals surface area contributed by atoms with Crippen LogP contribution in [0.5, 0.6) is 23.0 Å². The van der Waals surface area contributed by atoms with Gasteiger partial charge in [0.25, 0.3) is 0 Å². The molecule has 0 saturated heterocycles. The van der Waals surface area contributed by atoms with E-state index in [1.54, 1.807) is 40.6 Å². The van der Waals surface area contributed by atoms with Crippen LogP contribution in [0.2, 0.25) is 5.02 Å². The van der Waals surface area contributed by atoms with Crippen molar-refractivity contribution in [2.24, 2.45) is 0 Å². The van der Waals surface area contributed by atoms with E-state index in [9.17, 15) is 0 Å². The molecule has 0 aliphatic heterocycles. The predicted molar refractivity (Wildman–Crippen MR) is 87.4 cm³/mol. The van der Waals surface area contributed by atoms with E-state index in [0.717, 1.165) is 5.69 Å². The minimum absolute atomic E-state index is 0.510. The van der Waals surface area contributed by atoms with Gasteiger partial charge in [-0.15, -0.1) is 0 Å². The van der Waals surface area contributed by atoms with Gasteiger partial charge in [-0.1, -0.05) is 17.7 Å². The van der Waals surface area contributed by atoms with Gasteiger partial charge >= 0.3 is 0 Å². The molecule has 5 nitrogen and oxygen atoms in total. The number of para-hydroxylation sites is 1. The molecule has 6 heteroatoms. The van der Waals surface area contributed by atoms with Crippen molar-refractivity contribution >= 4 is 23.0 Å². The van der Waals surface area contributed by atoms with Crippen molar-refractivity contribution in [1.29, 1.82) is 0 Å². The van der Waals surface area contributed by atoms with Crippen molar-refractivity contribution in [3.63, 3.8) is 0 Å². The van der Waals surface area contributed by atoms with E-state index in [2.05, 4.69) is 5.32 Å². The summed E-state index contributed by atoms with van der Waals surface area (Å²) in [6.45, 7) is 0. The van der Waals surface area contributed by atoms with Gasteiger partial charge in [0.2, 0.25) is 5.75 Å². The zero-order chi connectivity index (χ0) is 16.1. The van der Waals surface area contributed by atoms with Crippen LogP contribution in [0.25, 0.3) is 0 Å². The summed E-state index contributed by atoms with van der Waals surface area (Å²) in [5.74, 6) is 2.18. The van der Waals surface area contributed by atoms with Crippen molar-refractivity contribution in [2.45, 2.75) is 0 Å². The molecule has 0 aliphatic rings. The van der Waals surface area contributed by atoms with E-state index in [-0.39, 0.29) is 0 Å². The van der Waals surface area contributed by atoms with Crippen molar-refractivity contribution in [3.8, 4) is 23.0 Å². The van der Waals surface area contributed by atoms with Crippen LogP contribution in [-0.2, 0) is 0 Å². The third kappa shape index (κ3) is 2.99. The molecular weight excluding hydrogens is 306 g/mol. The number of anilines is 2. The van der Waals surface area contributed by atoms with Crippen molar-refractivity contribution < 1.29 is 18.9 Å². The average Bonchev–Trinajstić information content (AvgIpc) is 2.54. The smallest absolute Gasteiger partial charge is 0.205 e. The number of hydrogen-bond donors (Lipinski definition) is 1. The molecule has 0 atom stereocenters. The van der Waals surface area contributed by atoms with Crippen LogP contribution in [0.3, 0.4) is 0 Å². The van der Waals surface area contributed by atoms with Gasteiger partial charge in [-0.3, -0.25) is 0 Å². The molecule has 2 aromatic carbocycles. The van der Waals surface area contributed by atoms with E-state index in [1.165, 1.54) is 0 Å². The molecule has 0 aliphatic carbocycles. The minimum Gasteiger partial charge on any atom is -0.493 e. The Morgan fingerprint density at radius 3 is 1.95 bits per heavy atom. The van der Waals surface area contributed by atoms with Gasteiger partial charge in [0.05, 0.1) is 44.8 Å². The average molecular weight is 324 g/mol. The van der Waals surface area contributed by atoms with Gasteiger partial charge < -0.3 is 24.3 Å². The monoisotopic (exact) mass is 323 g/mol. The Labute approximate surface area is 134 Å². The van der Waals surface area contributed by atoms with Crippen LogP contribution in [0, 0.1) is 0 Å². The largest absolute Gasteiger partial charge is 0.493 e.